The number of allylic oxidation sites excluding steroid dienone is 2. The van der Waals surface area contributed by atoms with Crippen molar-refractivity contribution in [1.29, 1.82) is 0 Å². The van der Waals surface area contributed by atoms with Crippen molar-refractivity contribution < 1.29 is 4.79 Å². The quantitative estimate of drug-likeness (QED) is 0.759. The fraction of sp³-hybridized carbons (Fsp3) is 0.400. The van der Waals surface area contributed by atoms with Crippen LogP contribution < -0.4 is 0 Å². The van der Waals surface area contributed by atoms with Crippen molar-refractivity contribution in [2.75, 3.05) is 7.05 Å². The van der Waals surface area contributed by atoms with Crippen LogP contribution in [-0.4, -0.2) is 22.7 Å². The zero-order chi connectivity index (χ0) is 9.97. The largest absolute Gasteiger partial charge is 0.373 e. The summed E-state index contributed by atoms with van der Waals surface area (Å²) in [6, 6.07) is 0. The number of carbonyl (C=O) groups excluding carboxylic acids is 1. The summed E-state index contributed by atoms with van der Waals surface area (Å²) in [5.41, 5.74) is 2.97. The molecular weight excluding hydrogens is 196 g/mol. The molecule has 74 valence electrons. The van der Waals surface area contributed by atoms with Crippen molar-refractivity contribution in [3.8, 4) is 0 Å². The van der Waals surface area contributed by atoms with E-state index >= 15 is 0 Å². The van der Waals surface area contributed by atoms with E-state index in [1.165, 1.54) is 4.88 Å². The summed E-state index contributed by atoms with van der Waals surface area (Å²) in [6.07, 6.45) is 5.18. The summed E-state index contributed by atoms with van der Waals surface area (Å²) in [6.45, 7) is 0.851. The Bertz CT molecular complexity index is 356. The van der Waals surface area contributed by atoms with Gasteiger partial charge in [0.05, 0.1) is 12.1 Å². The van der Waals surface area contributed by atoms with Crippen LogP contribution in [0.25, 0.3) is 0 Å². The summed E-state index contributed by atoms with van der Waals surface area (Å²) in [7, 11) is 2.02. The van der Waals surface area contributed by atoms with Crippen LogP contribution in [-0.2, 0) is 11.3 Å². The van der Waals surface area contributed by atoms with Gasteiger partial charge in [-0.05, 0) is 6.42 Å². The first-order chi connectivity index (χ1) is 6.75. The smallest absolute Gasteiger partial charge is 0.157 e. The van der Waals surface area contributed by atoms with Gasteiger partial charge in [0.15, 0.2) is 5.78 Å². The molecule has 0 unspecified atom stereocenters. The topological polar surface area (TPSA) is 33.2 Å². The second kappa shape index (κ2) is 3.92. The molecule has 0 bridgehead atoms. The van der Waals surface area contributed by atoms with Crippen LogP contribution in [0.1, 0.15) is 17.7 Å². The lowest BCUT2D eigenvalue weighted by Crippen LogP contribution is -2.15. The van der Waals surface area contributed by atoms with E-state index in [-0.39, 0.29) is 5.78 Å². The Morgan fingerprint density at radius 2 is 2.43 bits per heavy atom. The van der Waals surface area contributed by atoms with E-state index in [1.54, 1.807) is 17.4 Å². The second-order valence-corrected chi connectivity index (χ2v) is 4.40. The van der Waals surface area contributed by atoms with Gasteiger partial charge in [-0.1, -0.05) is 0 Å². The van der Waals surface area contributed by atoms with Gasteiger partial charge in [-0.15, -0.1) is 11.3 Å². The van der Waals surface area contributed by atoms with Crippen LogP contribution in [0.2, 0.25) is 0 Å². The number of hydrogen-bond donors (Lipinski definition) is 0. The molecule has 1 aliphatic carbocycles. The van der Waals surface area contributed by atoms with Gasteiger partial charge in [0.1, 0.15) is 0 Å². The molecule has 0 atom stereocenters. The third kappa shape index (κ3) is 2.01. The Kier molecular flexibility index (Phi) is 2.63. The van der Waals surface area contributed by atoms with E-state index in [4.69, 9.17) is 0 Å². The van der Waals surface area contributed by atoms with Gasteiger partial charge < -0.3 is 4.90 Å². The number of rotatable bonds is 3. The van der Waals surface area contributed by atoms with Gasteiger partial charge >= 0.3 is 0 Å². The van der Waals surface area contributed by atoms with Gasteiger partial charge in [-0.25, -0.2) is 0 Å². The van der Waals surface area contributed by atoms with Crippen molar-refractivity contribution in [2.45, 2.75) is 19.4 Å². The summed E-state index contributed by atoms with van der Waals surface area (Å²) >= 11 is 1.65. The number of thiazole rings is 1. The molecule has 0 saturated heterocycles. The summed E-state index contributed by atoms with van der Waals surface area (Å²) in [4.78, 5) is 18.4. The maximum Gasteiger partial charge on any atom is 0.157 e. The molecule has 1 aromatic rings. The molecule has 0 fully saturated rings. The lowest BCUT2D eigenvalue weighted by molar-refractivity contribution is -0.114. The van der Waals surface area contributed by atoms with Crippen LogP contribution in [0.4, 0.5) is 0 Å². The standard InChI is InChI=1S/C10H12N2OS/c1-12(6-10-5-11-7-14-10)8-2-3-9(13)4-8/h4-5,7H,2-3,6H2,1H3. The van der Waals surface area contributed by atoms with E-state index < -0.39 is 0 Å². The van der Waals surface area contributed by atoms with Crippen LogP contribution in [0.15, 0.2) is 23.5 Å². The minimum atomic E-state index is 0.246. The Morgan fingerprint density at radius 3 is 3.00 bits per heavy atom. The monoisotopic (exact) mass is 208 g/mol. The molecular formula is C10H12N2OS. The molecule has 0 saturated carbocycles. The molecule has 0 N–H and O–H groups in total. The third-order valence-electron chi connectivity index (χ3n) is 2.32. The first-order valence-corrected chi connectivity index (χ1v) is 5.45. The molecule has 1 aliphatic rings. The zero-order valence-corrected chi connectivity index (χ0v) is 8.88. The van der Waals surface area contributed by atoms with Crippen LogP contribution in [0.3, 0.4) is 0 Å². The minimum absolute atomic E-state index is 0.246. The van der Waals surface area contributed by atoms with Crippen molar-refractivity contribution in [3.63, 3.8) is 0 Å². The highest BCUT2D eigenvalue weighted by molar-refractivity contribution is 7.09. The van der Waals surface area contributed by atoms with Crippen LogP contribution in [0.5, 0.6) is 0 Å². The second-order valence-electron chi connectivity index (χ2n) is 3.43. The van der Waals surface area contributed by atoms with Gasteiger partial charge in [-0.2, -0.15) is 0 Å². The average molecular weight is 208 g/mol. The van der Waals surface area contributed by atoms with E-state index in [2.05, 4.69) is 9.88 Å². The molecule has 0 amide bonds. The number of ketones is 1. The van der Waals surface area contributed by atoms with Crippen LogP contribution in [0, 0.1) is 0 Å². The average Bonchev–Trinajstić information content (AvgIpc) is 2.75. The maximum atomic E-state index is 11.0. The molecule has 0 aromatic carbocycles. The Hall–Kier alpha value is -1.16. The maximum absolute atomic E-state index is 11.0. The summed E-state index contributed by atoms with van der Waals surface area (Å²) in [5.74, 6) is 0.246. The van der Waals surface area contributed by atoms with E-state index in [0.717, 1.165) is 18.7 Å². The normalized spacial score (nSPS) is 15.8. The van der Waals surface area contributed by atoms with Crippen molar-refractivity contribution in [3.05, 3.63) is 28.4 Å². The van der Waals surface area contributed by atoms with E-state index in [9.17, 15) is 4.79 Å². The predicted octanol–water partition coefficient (Wildman–Crippen LogP) is 1.82. The van der Waals surface area contributed by atoms with Gasteiger partial charge in [0.2, 0.25) is 0 Å². The Balaban J connectivity index is 1.99. The molecule has 4 heteroatoms. The first kappa shape index (κ1) is 9.40. The van der Waals surface area contributed by atoms with E-state index in [1.807, 2.05) is 18.8 Å². The predicted molar refractivity (Wildman–Crippen MR) is 55.9 cm³/mol. The molecule has 1 aromatic heterocycles. The molecule has 2 rings (SSSR count). The molecule has 1 heterocycles. The fourth-order valence-corrected chi connectivity index (χ4v) is 2.19. The molecule has 0 radical (unpaired) electrons. The highest BCUT2D eigenvalue weighted by atomic mass is 32.1. The van der Waals surface area contributed by atoms with Crippen molar-refractivity contribution in [1.82, 2.24) is 9.88 Å². The highest BCUT2D eigenvalue weighted by Gasteiger charge is 2.15. The van der Waals surface area contributed by atoms with Crippen molar-refractivity contribution >= 4 is 17.1 Å². The SMILES string of the molecule is CN(Cc1cncs1)C1=CC(=O)CC1. The van der Waals surface area contributed by atoms with Gasteiger partial charge in [0, 0.05) is 36.3 Å². The number of nitrogens with zero attached hydrogens (tertiary/aromatic N) is 2. The number of hydrogen-bond acceptors (Lipinski definition) is 4. The summed E-state index contributed by atoms with van der Waals surface area (Å²) in [5, 5.41) is 0. The van der Waals surface area contributed by atoms with Gasteiger partial charge in [-0.3, -0.25) is 9.78 Å². The fourth-order valence-electron chi connectivity index (χ4n) is 1.54. The Labute approximate surface area is 87.1 Å². The summed E-state index contributed by atoms with van der Waals surface area (Å²) < 4.78 is 0. The van der Waals surface area contributed by atoms with Gasteiger partial charge in [0.25, 0.3) is 0 Å². The lowest BCUT2D eigenvalue weighted by Gasteiger charge is -2.18. The van der Waals surface area contributed by atoms with E-state index in [0.29, 0.717) is 6.42 Å². The lowest BCUT2D eigenvalue weighted by atomic mass is 10.3. The first-order valence-electron chi connectivity index (χ1n) is 4.57. The molecule has 0 aliphatic heterocycles. The van der Waals surface area contributed by atoms with Crippen molar-refractivity contribution in [2.24, 2.45) is 0 Å². The Morgan fingerprint density at radius 1 is 1.57 bits per heavy atom. The molecule has 14 heavy (non-hydrogen) atoms. The minimum Gasteiger partial charge on any atom is -0.373 e. The number of aromatic nitrogens is 1. The zero-order valence-electron chi connectivity index (χ0n) is 8.06. The third-order valence-corrected chi connectivity index (χ3v) is 3.09. The number of carbonyl (C=O) groups is 1. The molecule has 0 spiro atoms. The van der Waals surface area contributed by atoms with Crippen LogP contribution >= 0.6 is 11.3 Å². The highest BCUT2D eigenvalue weighted by Crippen LogP contribution is 2.20. The molecule has 3 nitrogen and oxygen atoms in total.